The van der Waals surface area contributed by atoms with Gasteiger partial charge in [0.25, 0.3) is 5.91 Å². The Morgan fingerprint density at radius 2 is 2.06 bits per heavy atom. The van der Waals surface area contributed by atoms with Crippen molar-refractivity contribution in [2.24, 2.45) is 5.92 Å². The lowest BCUT2D eigenvalue weighted by atomic mass is 9.97. The van der Waals surface area contributed by atoms with Gasteiger partial charge < -0.3 is 25.6 Å². The third kappa shape index (κ3) is 3.45. The highest BCUT2D eigenvalue weighted by atomic mass is 19.1. The van der Waals surface area contributed by atoms with Gasteiger partial charge in [-0.1, -0.05) is 6.92 Å². The van der Waals surface area contributed by atoms with Crippen molar-refractivity contribution in [3.8, 4) is 17.0 Å². The van der Waals surface area contributed by atoms with Gasteiger partial charge in [0.1, 0.15) is 11.5 Å². The summed E-state index contributed by atoms with van der Waals surface area (Å²) >= 11 is 0. The average molecular weight is 467 g/mol. The van der Waals surface area contributed by atoms with E-state index in [1.54, 1.807) is 19.1 Å². The van der Waals surface area contributed by atoms with E-state index in [4.69, 9.17) is 15.2 Å². The first-order valence-electron chi connectivity index (χ1n) is 10.7. The number of nitrogens with one attached hydrogen (secondary N) is 1. The lowest BCUT2D eigenvalue weighted by Crippen LogP contribution is -2.43. The second-order valence-electron chi connectivity index (χ2n) is 8.46. The van der Waals surface area contributed by atoms with E-state index in [1.165, 1.54) is 17.3 Å². The maximum atomic E-state index is 15.4. The Bertz CT molecular complexity index is 1350. The van der Waals surface area contributed by atoms with E-state index in [0.717, 1.165) is 0 Å². The highest BCUT2D eigenvalue weighted by Gasteiger charge is 2.35. The van der Waals surface area contributed by atoms with Gasteiger partial charge in [-0.3, -0.25) is 9.69 Å². The molecule has 34 heavy (non-hydrogen) atoms. The first-order chi connectivity index (χ1) is 16.3. The standard InChI is InChI=1S/C23H22FN5O5/c1-10-7-33-8-16(10)29(23(31)32)17-4-12-3-13(19(24)20(25)15(12)6-26-17)14-5-27-22-21(11(14)2)28-18(30)9-34-22/h3-6,10,16H,7-9,25H2,1-2H3,(H,28,30)(H,31,32)/t10-,16+/m1/s1. The number of fused-ring (bicyclic) bond motifs is 2. The normalized spacial score (nSPS) is 19.4. The molecule has 0 spiro atoms. The van der Waals surface area contributed by atoms with E-state index in [9.17, 15) is 14.7 Å². The van der Waals surface area contributed by atoms with Crippen molar-refractivity contribution in [3.05, 3.63) is 35.9 Å². The van der Waals surface area contributed by atoms with Crippen LogP contribution in [0.5, 0.6) is 5.88 Å². The maximum Gasteiger partial charge on any atom is 0.413 e. The van der Waals surface area contributed by atoms with Crippen molar-refractivity contribution in [1.82, 2.24) is 9.97 Å². The van der Waals surface area contributed by atoms with Gasteiger partial charge in [-0.15, -0.1) is 0 Å². The molecule has 2 aromatic heterocycles. The topological polar surface area (TPSA) is 140 Å². The van der Waals surface area contributed by atoms with Gasteiger partial charge in [0.05, 0.1) is 24.9 Å². The van der Waals surface area contributed by atoms with Crippen LogP contribution in [-0.2, 0) is 9.53 Å². The van der Waals surface area contributed by atoms with Gasteiger partial charge >= 0.3 is 6.09 Å². The number of hydrogen-bond acceptors (Lipinski definition) is 7. The predicted octanol–water partition coefficient (Wildman–Crippen LogP) is 3.18. The molecule has 11 heteroatoms. The van der Waals surface area contributed by atoms with Crippen molar-refractivity contribution in [2.45, 2.75) is 19.9 Å². The highest BCUT2D eigenvalue weighted by molar-refractivity contribution is 6.01. The summed E-state index contributed by atoms with van der Waals surface area (Å²) in [6, 6.07) is 2.75. The molecule has 2 amide bonds. The zero-order chi connectivity index (χ0) is 24.1. The molecule has 176 valence electrons. The van der Waals surface area contributed by atoms with Crippen LogP contribution in [0.25, 0.3) is 21.9 Å². The minimum Gasteiger partial charge on any atom is -0.466 e. The van der Waals surface area contributed by atoms with Crippen LogP contribution < -0.4 is 20.7 Å². The highest BCUT2D eigenvalue weighted by Crippen LogP contribution is 2.40. The Labute approximate surface area is 193 Å². The molecule has 0 radical (unpaired) electrons. The SMILES string of the molecule is Cc1c(-c2cc3cc(N(C(=O)O)[C@H]4COC[C@H]4C)ncc3c(N)c2F)cnc2c1NC(=O)CO2. The van der Waals surface area contributed by atoms with Crippen molar-refractivity contribution in [2.75, 3.05) is 35.8 Å². The van der Waals surface area contributed by atoms with E-state index in [-0.39, 0.29) is 48.0 Å². The van der Waals surface area contributed by atoms with Crippen molar-refractivity contribution >= 4 is 40.0 Å². The Morgan fingerprint density at radius 1 is 1.26 bits per heavy atom. The molecule has 0 saturated carbocycles. The monoisotopic (exact) mass is 467 g/mol. The number of pyridine rings is 2. The molecule has 0 unspecified atom stereocenters. The third-order valence-corrected chi connectivity index (χ3v) is 6.29. The number of anilines is 3. The second-order valence-corrected chi connectivity index (χ2v) is 8.46. The molecular formula is C23H22FN5O5. The van der Waals surface area contributed by atoms with Crippen molar-refractivity contribution < 1.29 is 28.6 Å². The largest absolute Gasteiger partial charge is 0.466 e. The number of carboxylic acid groups (broad SMARTS) is 1. The number of benzene rings is 1. The Hall–Kier alpha value is -3.99. The number of nitrogens with two attached hydrogens (primary N) is 1. The molecule has 2 aliphatic rings. The van der Waals surface area contributed by atoms with Crippen LogP contribution in [0.1, 0.15) is 12.5 Å². The van der Waals surface area contributed by atoms with Gasteiger partial charge in [-0.05, 0) is 30.0 Å². The zero-order valence-electron chi connectivity index (χ0n) is 18.5. The van der Waals surface area contributed by atoms with Crippen molar-refractivity contribution in [1.29, 1.82) is 0 Å². The first-order valence-corrected chi connectivity index (χ1v) is 10.7. The third-order valence-electron chi connectivity index (χ3n) is 6.29. The summed E-state index contributed by atoms with van der Waals surface area (Å²) in [7, 11) is 0. The molecule has 0 aliphatic carbocycles. The van der Waals surface area contributed by atoms with Crippen LogP contribution >= 0.6 is 0 Å². The second kappa shape index (κ2) is 8.10. The molecular weight excluding hydrogens is 445 g/mol. The number of amides is 2. The van der Waals surface area contributed by atoms with Crippen molar-refractivity contribution in [3.63, 3.8) is 0 Å². The number of carbonyl (C=O) groups is 2. The Balaban J connectivity index is 1.65. The fourth-order valence-electron chi connectivity index (χ4n) is 4.42. The Morgan fingerprint density at radius 3 is 2.76 bits per heavy atom. The summed E-state index contributed by atoms with van der Waals surface area (Å²) in [4.78, 5) is 33.5. The van der Waals surface area contributed by atoms with Gasteiger partial charge in [0.15, 0.2) is 12.4 Å². The molecule has 0 bridgehead atoms. The lowest BCUT2D eigenvalue weighted by molar-refractivity contribution is -0.118. The molecule has 10 nitrogen and oxygen atoms in total. The number of nitrogens with zero attached hydrogens (tertiary/aromatic N) is 3. The van der Waals surface area contributed by atoms with E-state index in [2.05, 4.69) is 15.3 Å². The van der Waals surface area contributed by atoms with E-state index >= 15 is 4.39 Å². The van der Waals surface area contributed by atoms with Crippen LogP contribution in [0.2, 0.25) is 0 Å². The molecule has 1 aromatic carbocycles. The number of halogens is 1. The van der Waals surface area contributed by atoms with Crippen LogP contribution in [0, 0.1) is 18.7 Å². The van der Waals surface area contributed by atoms with Gasteiger partial charge in [-0.2, -0.15) is 0 Å². The van der Waals surface area contributed by atoms with Gasteiger partial charge in [0.2, 0.25) is 5.88 Å². The predicted molar refractivity (Wildman–Crippen MR) is 122 cm³/mol. The van der Waals surface area contributed by atoms with Crippen LogP contribution in [0.4, 0.5) is 26.4 Å². The molecule has 4 heterocycles. The maximum absolute atomic E-state index is 15.4. The summed E-state index contributed by atoms with van der Waals surface area (Å²) in [5, 5.41) is 13.4. The summed E-state index contributed by atoms with van der Waals surface area (Å²) < 4.78 is 26.1. The van der Waals surface area contributed by atoms with Gasteiger partial charge in [0, 0.05) is 34.8 Å². The quantitative estimate of drug-likeness (QED) is 0.499. The number of hydrogen-bond donors (Lipinski definition) is 3. The zero-order valence-corrected chi connectivity index (χ0v) is 18.5. The minimum absolute atomic E-state index is 0.0101. The molecule has 1 saturated heterocycles. The summed E-state index contributed by atoms with van der Waals surface area (Å²) in [6.45, 7) is 4.20. The summed E-state index contributed by atoms with van der Waals surface area (Å²) in [6.07, 6.45) is 1.67. The average Bonchev–Trinajstić information content (AvgIpc) is 3.22. The molecule has 2 aliphatic heterocycles. The number of rotatable bonds is 3. The van der Waals surface area contributed by atoms with E-state index in [0.29, 0.717) is 34.2 Å². The lowest BCUT2D eigenvalue weighted by Gasteiger charge is -2.27. The molecule has 5 rings (SSSR count). The van der Waals surface area contributed by atoms with E-state index < -0.39 is 18.0 Å². The summed E-state index contributed by atoms with van der Waals surface area (Å²) in [5.41, 5.74) is 7.51. The fourth-order valence-corrected chi connectivity index (χ4v) is 4.42. The smallest absolute Gasteiger partial charge is 0.413 e. The Kier molecular flexibility index (Phi) is 5.20. The van der Waals surface area contributed by atoms with Gasteiger partial charge in [-0.25, -0.2) is 19.2 Å². The summed E-state index contributed by atoms with van der Waals surface area (Å²) in [5.74, 6) is -0.554. The molecule has 1 fully saturated rings. The fraction of sp³-hybridized carbons (Fsp3) is 0.304. The number of nitrogen functional groups attached to an aromatic ring is 1. The van der Waals surface area contributed by atoms with Crippen LogP contribution in [-0.4, -0.2) is 52.9 Å². The molecule has 4 N–H and O–H groups in total. The first kappa shape index (κ1) is 21.8. The molecule has 3 aromatic rings. The number of aromatic nitrogens is 2. The molecule has 2 atom stereocenters. The number of carbonyl (C=O) groups excluding carboxylic acids is 1. The van der Waals surface area contributed by atoms with E-state index in [1.807, 2.05) is 6.92 Å². The van der Waals surface area contributed by atoms with Crippen LogP contribution in [0.3, 0.4) is 0 Å². The number of ether oxygens (including phenoxy) is 2. The minimum atomic E-state index is -1.16. The van der Waals surface area contributed by atoms with Crippen LogP contribution in [0.15, 0.2) is 24.5 Å².